The van der Waals surface area contributed by atoms with Crippen molar-refractivity contribution >= 4 is 11.9 Å². The van der Waals surface area contributed by atoms with Crippen LogP contribution in [-0.4, -0.2) is 26.1 Å². The summed E-state index contributed by atoms with van der Waals surface area (Å²) in [6, 6.07) is 6.10. The number of hydroxylamine groups is 1. The summed E-state index contributed by atoms with van der Waals surface area (Å²) in [4.78, 5) is 27.0. The van der Waals surface area contributed by atoms with Gasteiger partial charge >= 0.3 is 11.9 Å². The van der Waals surface area contributed by atoms with Crippen molar-refractivity contribution in [3.8, 4) is 0 Å². The lowest BCUT2D eigenvalue weighted by Crippen LogP contribution is -2.15. The molecule has 0 heterocycles. The number of nitrogens with one attached hydrogen (secondary N) is 1. The lowest BCUT2D eigenvalue weighted by molar-refractivity contribution is 0.0310. The maximum atomic E-state index is 11.3. The number of rotatable bonds is 3. The second-order valence-electron chi connectivity index (χ2n) is 2.67. The summed E-state index contributed by atoms with van der Waals surface area (Å²) in [5.41, 5.74) is 2.86. The molecule has 0 radical (unpaired) electrons. The van der Waals surface area contributed by atoms with Gasteiger partial charge in [0.05, 0.1) is 18.2 Å². The topological polar surface area (TPSA) is 64.6 Å². The summed E-state index contributed by atoms with van der Waals surface area (Å²) in [6.45, 7) is 0. The SMILES string of the molecule is CNOC(=O)c1cccc(C(=O)OC)c1. The fourth-order valence-electron chi connectivity index (χ4n) is 1.04. The Morgan fingerprint density at radius 3 is 2.33 bits per heavy atom. The van der Waals surface area contributed by atoms with E-state index in [0.717, 1.165) is 0 Å². The van der Waals surface area contributed by atoms with Gasteiger partial charge in [-0.05, 0) is 18.2 Å². The number of methoxy groups -OCH3 is 1. The van der Waals surface area contributed by atoms with Gasteiger partial charge in [-0.25, -0.2) is 9.59 Å². The molecule has 0 aliphatic rings. The van der Waals surface area contributed by atoms with E-state index in [1.165, 1.54) is 20.2 Å². The molecule has 1 aromatic rings. The molecule has 1 N–H and O–H groups in total. The summed E-state index contributed by atoms with van der Waals surface area (Å²) in [6.07, 6.45) is 0. The Morgan fingerprint density at radius 1 is 1.20 bits per heavy atom. The maximum Gasteiger partial charge on any atom is 0.356 e. The number of benzene rings is 1. The monoisotopic (exact) mass is 209 g/mol. The maximum absolute atomic E-state index is 11.3. The zero-order chi connectivity index (χ0) is 11.3. The van der Waals surface area contributed by atoms with E-state index in [2.05, 4.69) is 15.1 Å². The lowest BCUT2D eigenvalue weighted by Gasteiger charge is -2.03. The number of ether oxygens (including phenoxy) is 1. The quantitative estimate of drug-likeness (QED) is 0.588. The van der Waals surface area contributed by atoms with Crippen molar-refractivity contribution in [1.82, 2.24) is 5.48 Å². The predicted octanol–water partition coefficient (Wildman–Crippen LogP) is 0.764. The molecule has 80 valence electrons. The number of carbonyl (C=O) groups is 2. The smallest absolute Gasteiger partial charge is 0.356 e. The average Bonchev–Trinajstić information content (AvgIpc) is 2.28. The van der Waals surface area contributed by atoms with Gasteiger partial charge in [0.2, 0.25) is 0 Å². The molecule has 0 spiro atoms. The second-order valence-corrected chi connectivity index (χ2v) is 2.67. The Hall–Kier alpha value is -1.88. The first-order chi connectivity index (χ1) is 7.19. The minimum atomic E-state index is -0.553. The third-order valence-electron chi connectivity index (χ3n) is 1.71. The van der Waals surface area contributed by atoms with Crippen LogP contribution in [0.1, 0.15) is 20.7 Å². The highest BCUT2D eigenvalue weighted by Gasteiger charge is 2.11. The fraction of sp³-hybridized carbons (Fsp3) is 0.200. The number of hydrogen-bond donors (Lipinski definition) is 1. The van der Waals surface area contributed by atoms with E-state index in [1.807, 2.05) is 0 Å². The molecular weight excluding hydrogens is 198 g/mol. The van der Waals surface area contributed by atoms with E-state index in [1.54, 1.807) is 18.2 Å². The van der Waals surface area contributed by atoms with Crippen LogP contribution in [0.2, 0.25) is 0 Å². The summed E-state index contributed by atoms with van der Waals surface area (Å²) in [5, 5.41) is 0. The standard InChI is InChI=1S/C10H11NO4/c1-11-15-10(13)8-5-3-4-7(6-8)9(12)14-2/h3-6,11H,1-2H3. The first-order valence-electron chi connectivity index (χ1n) is 4.25. The lowest BCUT2D eigenvalue weighted by atomic mass is 10.1. The first kappa shape index (κ1) is 11.2. The molecule has 1 aromatic carbocycles. The van der Waals surface area contributed by atoms with Gasteiger partial charge in [0.15, 0.2) is 0 Å². The molecule has 0 aliphatic heterocycles. The zero-order valence-corrected chi connectivity index (χ0v) is 8.44. The Labute approximate surface area is 86.9 Å². The van der Waals surface area contributed by atoms with Gasteiger partial charge in [-0.2, -0.15) is 5.48 Å². The van der Waals surface area contributed by atoms with E-state index in [9.17, 15) is 9.59 Å². The Morgan fingerprint density at radius 2 is 1.80 bits per heavy atom. The minimum Gasteiger partial charge on any atom is -0.465 e. The number of hydrogen-bond acceptors (Lipinski definition) is 5. The van der Waals surface area contributed by atoms with Crippen LogP contribution in [0.4, 0.5) is 0 Å². The molecule has 0 amide bonds. The molecule has 0 aromatic heterocycles. The minimum absolute atomic E-state index is 0.284. The molecule has 15 heavy (non-hydrogen) atoms. The van der Waals surface area contributed by atoms with Gasteiger partial charge in [-0.1, -0.05) is 6.07 Å². The van der Waals surface area contributed by atoms with Crippen molar-refractivity contribution < 1.29 is 19.2 Å². The molecule has 0 fully saturated rings. The Balaban J connectivity index is 2.92. The third-order valence-corrected chi connectivity index (χ3v) is 1.71. The van der Waals surface area contributed by atoms with Gasteiger partial charge in [-0.15, -0.1) is 0 Å². The van der Waals surface area contributed by atoms with Crippen molar-refractivity contribution in [3.63, 3.8) is 0 Å². The van der Waals surface area contributed by atoms with E-state index < -0.39 is 11.9 Å². The zero-order valence-electron chi connectivity index (χ0n) is 8.44. The van der Waals surface area contributed by atoms with Crippen molar-refractivity contribution in [2.45, 2.75) is 0 Å². The van der Waals surface area contributed by atoms with Gasteiger partial charge in [0.25, 0.3) is 0 Å². The highest BCUT2D eigenvalue weighted by Crippen LogP contribution is 2.07. The Kier molecular flexibility index (Phi) is 3.82. The molecule has 0 unspecified atom stereocenters. The molecule has 0 saturated heterocycles. The Bertz CT molecular complexity index is 375. The van der Waals surface area contributed by atoms with Crippen LogP contribution in [0.25, 0.3) is 0 Å². The molecule has 0 saturated carbocycles. The normalized spacial score (nSPS) is 9.47. The summed E-state index contributed by atoms with van der Waals surface area (Å²) in [7, 11) is 2.75. The second kappa shape index (κ2) is 5.11. The summed E-state index contributed by atoms with van der Waals surface area (Å²) < 4.78 is 4.52. The molecule has 0 bridgehead atoms. The fourth-order valence-corrected chi connectivity index (χ4v) is 1.04. The van der Waals surface area contributed by atoms with Crippen LogP contribution in [-0.2, 0) is 9.57 Å². The van der Waals surface area contributed by atoms with Crippen molar-refractivity contribution in [2.75, 3.05) is 14.2 Å². The predicted molar refractivity (Wildman–Crippen MR) is 52.3 cm³/mol. The van der Waals surface area contributed by atoms with Crippen LogP contribution >= 0.6 is 0 Å². The first-order valence-corrected chi connectivity index (χ1v) is 4.25. The average molecular weight is 209 g/mol. The number of esters is 1. The van der Waals surface area contributed by atoms with Crippen LogP contribution in [0.15, 0.2) is 24.3 Å². The van der Waals surface area contributed by atoms with Gasteiger partial charge in [0, 0.05) is 7.05 Å². The van der Waals surface area contributed by atoms with Crippen LogP contribution in [0.5, 0.6) is 0 Å². The van der Waals surface area contributed by atoms with Crippen molar-refractivity contribution in [3.05, 3.63) is 35.4 Å². The summed E-state index contributed by atoms with van der Waals surface area (Å²) in [5.74, 6) is -1.04. The highest BCUT2D eigenvalue weighted by atomic mass is 16.7. The van der Waals surface area contributed by atoms with Crippen molar-refractivity contribution in [2.24, 2.45) is 0 Å². The van der Waals surface area contributed by atoms with Crippen molar-refractivity contribution in [1.29, 1.82) is 0 Å². The van der Waals surface area contributed by atoms with Crippen LogP contribution in [0, 0.1) is 0 Å². The van der Waals surface area contributed by atoms with E-state index in [-0.39, 0.29) is 5.56 Å². The van der Waals surface area contributed by atoms with E-state index in [0.29, 0.717) is 5.56 Å². The highest BCUT2D eigenvalue weighted by molar-refractivity contribution is 5.95. The molecular formula is C10H11NO4. The third kappa shape index (κ3) is 2.78. The van der Waals surface area contributed by atoms with Gasteiger partial charge < -0.3 is 9.57 Å². The molecule has 5 heteroatoms. The van der Waals surface area contributed by atoms with Gasteiger partial charge in [-0.3, -0.25) is 0 Å². The van der Waals surface area contributed by atoms with Crippen LogP contribution < -0.4 is 5.48 Å². The largest absolute Gasteiger partial charge is 0.465 e. The molecule has 0 atom stereocenters. The van der Waals surface area contributed by atoms with Gasteiger partial charge in [0.1, 0.15) is 0 Å². The van der Waals surface area contributed by atoms with E-state index in [4.69, 9.17) is 0 Å². The molecule has 1 rings (SSSR count). The number of carbonyl (C=O) groups excluding carboxylic acids is 2. The van der Waals surface area contributed by atoms with E-state index >= 15 is 0 Å². The molecule has 5 nitrogen and oxygen atoms in total. The van der Waals surface area contributed by atoms with Crippen LogP contribution in [0.3, 0.4) is 0 Å². The molecule has 0 aliphatic carbocycles. The summed E-state index contributed by atoms with van der Waals surface area (Å²) >= 11 is 0.